The third-order valence-electron chi connectivity index (χ3n) is 4.44. The summed E-state index contributed by atoms with van der Waals surface area (Å²) in [5.74, 6) is -1.49. The highest BCUT2D eigenvalue weighted by molar-refractivity contribution is 7.92. The van der Waals surface area contributed by atoms with Crippen molar-refractivity contribution in [1.82, 2.24) is 20.2 Å². The lowest BCUT2D eigenvalue weighted by Gasteiger charge is -2.11. The Balaban J connectivity index is 1.56. The van der Waals surface area contributed by atoms with Crippen LogP contribution in [-0.4, -0.2) is 41.6 Å². The number of oxazole rings is 1. The average molecular weight is 508 g/mol. The average Bonchev–Trinajstić information content (AvgIpc) is 3.49. The van der Waals surface area contributed by atoms with Crippen molar-refractivity contribution in [2.45, 2.75) is 11.1 Å². The third kappa shape index (κ3) is 5.24. The SMILES string of the molecule is COc1ncc(NC(=O)c2coc(-c3ccccc3)n2)cc1S(=O)(=O)Nc1cc(C(F)(F)F)[nH]n1. The number of anilines is 2. The number of H-pyrrole nitrogens is 1. The van der Waals surface area contributed by atoms with Crippen molar-refractivity contribution in [1.29, 1.82) is 0 Å². The number of nitrogens with zero attached hydrogens (tertiary/aromatic N) is 3. The van der Waals surface area contributed by atoms with Crippen LogP contribution in [0, 0.1) is 0 Å². The lowest BCUT2D eigenvalue weighted by molar-refractivity contribution is -0.141. The molecule has 182 valence electrons. The first-order valence-electron chi connectivity index (χ1n) is 9.58. The van der Waals surface area contributed by atoms with E-state index < -0.39 is 38.5 Å². The Hall–Kier alpha value is -4.40. The fourth-order valence-corrected chi connectivity index (χ4v) is 3.98. The first-order chi connectivity index (χ1) is 16.6. The largest absolute Gasteiger partial charge is 0.480 e. The molecule has 3 aromatic heterocycles. The summed E-state index contributed by atoms with van der Waals surface area (Å²) in [5.41, 5.74) is -0.746. The molecule has 4 aromatic rings. The van der Waals surface area contributed by atoms with E-state index in [4.69, 9.17) is 9.15 Å². The van der Waals surface area contributed by atoms with Gasteiger partial charge in [0.25, 0.3) is 15.9 Å². The number of carbonyl (C=O) groups is 1. The van der Waals surface area contributed by atoms with Gasteiger partial charge >= 0.3 is 6.18 Å². The van der Waals surface area contributed by atoms with Gasteiger partial charge in [0.15, 0.2) is 16.4 Å². The van der Waals surface area contributed by atoms with E-state index in [0.717, 1.165) is 25.6 Å². The lowest BCUT2D eigenvalue weighted by atomic mass is 10.2. The van der Waals surface area contributed by atoms with E-state index in [2.05, 4.69) is 20.4 Å². The molecule has 0 radical (unpaired) electrons. The summed E-state index contributed by atoms with van der Waals surface area (Å²) in [7, 11) is -3.37. The maximum Gasteiger partial charge on any atom is 0.432 e. The second-order valence-electron chi connectivity index (χ2n) is 6.86. The maximum atomic E-state index is 12.8. The fourth-order valence-electron chi connectivity index (χ4n) is 2.84. The standard InChI is InChI=1S/C20H15F3N6O5S/c1-33-19-14(35(31,32)29-16-8-15(27-28-16)20(21,22)23)7-12(9-24-19)25-17(30)13-10-34-18(26-13)11-5-3-2-4-6-11/h2-10H,1H3,(H,25,30)(H2,27,28,29). The Morgan fingerprint density at radius 3 is 2.57 bits per heavy atom. The Morgan fingerprint density at radius 1 is 1.17 bits per heavy atom. The van der Waals surface area contributed by atoms with Crippen molar-refractivity contribution < 1.29 is 35.5 Å². The predicted octanol–water partition coefficient (Wildman–Crippen LogP) is 3.54. The molecule has 0 atom stereocenters. The van der Waals surface area contributed by atoms with Crippen LogP contribution in [0.25, 0.3) is 11.5 Å². The molecule has 4 rings (SSSR count). The molecular formula is C20H15F3N6O5S. The predicted molar refractivity (Wildman–Crippen MR) is 115 cm³/mol. The minimum atomic E-state index is -4.75. The van der Waals surface area contributed by atoms with E-state index in [1.54, 1.807) is 35.4 Å². The fraction of sp³-hybridized carbons (Fsp3) is 0.100. The summed E-state index contributed by atoms with van der Waals surface area (Å²) in [6, 6.07) is 10.3. The lowest BCUT2D eigenvalue weighted by Crippen LogP contribution is -2.17. The number of ether oxygens (including phenoxy) is 1. The van der Waals surface area contributed by atoms with Crippen molar-refractivity contribution >= 4 is 27.4 Å². The molecule has 0 spiro atoms. The summed E-state index contributed by atoms with van der Waals surface area (Å²) in [4.78, 5) is 20.0. The number of rotatable bonds is 7. The van der Waals surface area contributed by atoms with Crippen molar-refractivity contribution in [3.05, 3.63) is 66.3 Å². The number of hydrogen-bond donors (Lipinski definition) is 3. The molecule has 0 fully saturated rings. The van der Waals surface area contributed by atoms with Crippen LogP contribution in [0.2, 0.25) is 0 Å². The molecule has 0 unspecified atom stereocenters. The second-order valence-corrected chi connectivity index (χ2v) is 8.51. The molecule has 0 aliphatic heterocycles. The number of sulfonamides is 1. The molecule has 0 aliphatic rings. The first-order valence-corrected chi connectivity index (χ1v) is 11.1. The van der Waals surface area contributed by atoms with Crippen LogP contribution >= 0.6 is 0 Å². The molecule has 15 heteroatoms. The number of carbonyl (C=O) groups excluding carboxylic acids is 1. The van der Waals surface area contributed by atoms with Gasteiger partial charge in [-0.3, -0.25) is 14.6 Å². The molecule has 1 aromatic carbocycles. The molecule has 3 heterocycles. The number of methoxy groups -OCH3 is 1. The number of nitrogens with one attached hydrogen (secondary N) is 3. The monoisotopic (exact) mass is 508 g/mol. The van der Waals surface area contributed by atoms with Crippen LogP contribution in [0.5, 0.6) is 5.88 Å². The Kier molecular flexibility index (Phi) is 6.17. The zero-order valence-electron chi connectivity index (χ0n) is 17.6. The molecule has 1 amide bonds. The Labute approximate surface area is 195 Å². The molecule has 11 nitrogen and oxygen atoms in total. The molecule has 0 bridgehead atoms. The highest BCUT2D eigenvalue weighted by Gasteiger charge is 2.34. The number of hydrogen-bond acceptors (Lipinski definition) is 8. The van der Waals surface area contributed by atoms with Crippen molar-refractivity contribution in [3.8, 4) is 17.3 Å². The molecule has 0 saturated heterocycles. The van der Waals surface area contributed by atoms with Gasteiger partial charge in [-0.1, -0.05) is 18.2 Å². The van der Waals surface area contributed by atoms with Crippen LogP contribution in [-0.2, 0) is 16.2 Å². The normalized spacial score (nSPS) is 11.8. The topological polar surface area (TPSA) is 152 Å². The molecule has 35 heavy (non-hydrogen) atoms. The van der Waals surface area contributed by atoms with Gasteiger partial charge < -0.3 is 14.5 Å². The van der Waals surface area contributed by atoms with Crippen molar-refractivity contribution in [2.24, 2.45) is 0 Å². The zero-order valence-corrected chi connectivity index (χ0v) is 18.4. The molecule has 0 saturated carbocycles. The van der Waals surface area contributed by atoms with Crippen molar-refractivity contribution in [2.75, 3.05) is 17.1 Å². The van der Waals surface area contributed by atoms with E-state index >= 15 is 0 Å². The minimum absolute atomic E-state index is 0.0570. The van der Waals surface area contributed by atoms with Gasteiger partial charge in [0.05, 0.1) is 19.0 Å². The summed E-state index contributed by atoms with van der Waals surface area (Å²) in [6.07, 6.45) is -2.49. The van der Waals surface area contributed by atoms with E-state index in [-0.39, 0.29) is 23.2 Å². The van der Waals surface area contributed by atoms with Gasteiger partial charge in [-0.05, 0) is 18.2 Å². The van der Waals surface area contributed by atoms with Crippen LogP contribution in [0.15, 0.2) is 64.2 Å². The minimum Gasteiger partial charge on any atom is -0.480 e. The van der Waals surface area contributed by atoms with Gasteiger partial charge in [0.2, 0.25) is 11.8 Å². The maximum absolute atomic E-state index is 12.8. The van der Waals surface area contributed by atoms with Crippen LogP contribution < -0.4 is 14.8 Å². The molecule has 3 N–H and O–H groups in total. The number of alkyl halides is 3. The summed E-state index contributed by atoms with van der Waals surface area (Å²) < 4.78 is 76.0. The Bertz CT molecular complexity index is 1470. The number of halogens is 3. The van der Waals surface area contributed by atoms with Crippen LogP contribution in [0.4, 0.5) is 24.7 Å². The summed E-state index contributed by atoms with van der Waals surface area (Å²) in [6.45, 7) is 0. The number of aromatic nitrogens is 4. The zero-order chi connectivity index (χ0) is 25.2. The smallest absolute Gasteiger partial charge is 0.432 e. The van der Waals surface area contributed by atoms with Gasteiger partial charge in [-0.2, -0.15) is 18.3 Å². The first kappa shape index (κ1) is 23.7. The van der Waals surface area contributed by atoms with E-state index in [9.17, 15) is 26.4 Å². The van der Waals surface area contributed by atoms with Crippen molar-refractivity contribution in [3.63, 3.8) is 0 Å². The number of aromatic amines is 1. The third-order valence-corrected chi connectivity index (χ3v) is 5.79. The highest BCUT2D eigenvalue weighted by Crippen LogP contribution is 2.31. The van der Waals surface area contributed by atoms with E-state index in [1.807, 2.05) is 4.72 Å². The molecule has 0 aliphatic carbocycles. The van der Waals surface area contributed by atoms with E-state index in [0.29, 0.717) is 11.6 Å². The van der Waals surface area contributed by atoms with Gasteiger partial charge in [-0.15, -0.1) is 0 Å². The number of benzene rings is 1. The van der Waals surface area contributed by atoms with E-state index in [1.165, 1.54) is 0 Å². The summed E-state index contributed by atoms with van der Waals surface area (Å²) in [5, 5.41) is 7.43. The number of amides is 1. The van der Waals surface area contributed by atoms with Gasteiger partial charge in [-0.25, -0.2) is 18.4 Å². The van der Waals surface area contributed by atoms with Crippen LogP contribution in [0.1, 0.15) is 16.2 Å². The number of pyridine rings is 1. The van der Waals surface area contributed by atoms with Gasteiger partial charge in [0.1, 0.15) is 12.0 Å². The quantitative estimate of drug-likeness (QED) is 0.343. The van der Waals surface area contributed by atoms with Gasteiger partial charge in [0, 0.05) is 11.6 Å². The summed E-state index contributed by atoms with van der Waals surface area (Å²) >= 11 is 0. The van der Waals surface area contributed by atoms with Crippen LogP contribution in [0.3, 0.4) is 0 Å². The molecular weight excluding hydrogens is 493 g/mol. The highest BCUT2D eigenvalue weighted by atomic mass is 32.2. The second kappa shape index (κ2) is 9.09. The Morgan fingerprint density at radius 2 is 1.91 bits per heavy atom.